The number of hydrogen-bond donors (Lipinski definition) is 0. The summed E-state index contributed by atoms with van der Waals surface area (Å²) < 4.78 is 0.122. The van der Waals surface area contributed by atoms with Gasteiger partial charge in [0.2, 0.25) is 0 Å². The molecule has 3 heteroatoms. The summed E-state index contributed by atoms with van der Waals surface area (Å²) in [6.45, 7) is 0. The minimum absolute atomic E-state index is 0.122. The highest BCUT2D eigenvalue weighted by atomic mass is 79.9. The van der Waals surface area contributed by atoms with Crippen LogP contribution in [0.4, 0.5) is 0 Å². The first-order valence-electron chi connectivity index (χ1n) is 3.01. The smallest absolute Gasteiger partial charge is 0.197 e. The van der Waals surface area contributed by atoms with Crippen molar-refractivity contribution in [1.29, 1.82) is 0 Å². The van der Waals surface area contributed by atoms with E-state index in [9.17, 15) is 4.79 Å². The molecule has 0 fully saturated rings. The molecule has 0 aliphatic rings. The number of rotatable bonds is 5. The average Bonchev–Trinajstić information content (AvgIpc) is 1.80. The van der Waals surface area contributed by atoms with Crippen LogP contribution in [0.3, 0.4) is 0 Å². The Hall–Kier alpha value is 0.630. The van der Waals surface area contributed by atoms with Crippen molar-refractivity contribution in [3.8, 4) is 0 Å². The molecule has 0 N–H and O–H groups in total. The number of carbonyl (C=O) groups excluding carboxylic acids is 1. The molecule has 0 amide bonds. The Morgan fingerprint density at radius 2 is 1.89 bits per heavy atom. The third-order valence-electron chi connectivity index (χ3n) is 1.01. The second-order valence-corrected chi connectivity index (χ2v) is 3.53. The standard InChI is InChI=1S/C6H10Br2O/c7-5-3-1-2-4-6(8)9/h1-5H2. The van der Waals surface area contributed by atoms with Gasteiger partial charge in [-0.2, -0.15) is 0 Å². The van der Waals surface area contributed by atoms with Crippen LogP contribution in [0, 0.1) is 0 Å². The summed E-state index contributed by atoms with van der Waals surface area (Å²) >= 11 is 6.20. The fraction of sp³-hybridized carbons (Fsp3) is 0.833. The van der Waals surface area contributed by atoms with E-state index in [1.54, 1.807) is 0 Å². The molecular formula is C6H10Br2O. The van der Waals surface area contributed by atoms with E-state index in [1.807, 2.05) is 0 Å². The lowest BCUT2D eigenvalue weighted by Crippen LogP contribution is -1.85. The van der Waals surface area contributed by atoms with Crippen molar-refractivity contribution < 1.29 is 4.79 Å². The van der Waals surface area contributed by atoms with Crippen LogP contribution in [0.5, 0.6) is 0 Å². The number of unbranched alkanes of at least 4 members (excludes halogenated alkanes) is 2. The van der Waals surface area contributed by atoms with Crippen LogP contribution in [-0.2, 0) is 4.79 Å². The molecule has 0 spiro atoms. The second-order valence-electron chi connectivity index (χ2n) is 1.85. The largest absolute Gasteiger partial charge is 0.287 e. The molecule has 0 bridgehead atoms. The Labute approximate surface area is 72.5 Å². The molecule has 0 aromatic heterocycles. The predicted molar refractivity (Wildman–Crippen MR) is 46.2 cm³/mol. The molecule has 0 saturated carbocycles. The topological polar surface area (TPSA) is 17.1 Å². The maximum atomic E-state index is 10.3. The van der Waals surface area contributed by atoms with Crippen LogP contribution in [0.2, 0.25) is 0 Å². The van der Waals surface area contributed by atoms with Gasteiger partial charge in [0.1, 0.15) is 0 Å². The molecule has 0 rings (SSSR count). The maximum absolute atomic E-state index is 10.3. The molecule has 0 unspecified atom stereocenters. The Bertz CT molecular complexity index is 83.1. The highest BCUT2D eigenvalue weighted by Gasteiger charge is 1.93. The summed E-state index contributed by atoms with van der Waals surface area (Å²) in [6.07, 6.45) is 3.99. The van der Waals surface area contributed by atoms with E-state index in [2.05, 4.69) is 31.9 Å². The molecular weight excluding hydrogens is 248 g/mol. The molecule has 0 aliphatic heterocycles. The minimum Gasteiger partial charge on any atom is -0.287 e. The van der Waals surface area contributed by atoms with Crippen LogP contribution in [0.25, 0.3) is 0 Å². The van der Waals surface area contributed by atoms with E-state index in [4.69, 9.17) is 0 Å². The Morgan fingerprint density at radius 3 is 2.33 bits per heavy atom. The fourth-order valence-electron chi connectivity index (χ4n) is 0.535. The molecule has 1 nitrogen and oxygen atoms in total. The van der Waals surface area contributed by atoms with Crippen molar-refractivity contribution in [2.45, 2.75) is 25.7 Å². The summed E-state index contributed by atoms with van der Waals surface area (Å²) in [6, 6.07) is 0. The van der Waals surface area contributed by atoms with Gasteiger partial charge in [-0.25, -0.2) is 0 Å². The van der Waals surface area contributed by atoms with E-state index in [1.165, 1.54) is 6.42 Å². The SMILES string of the molecule is O=C(Br)CCCCCBr. The van der Waals surface area contributed by atoms with Crippen LogP contribution in [-0.4, -0.2) is 10.0 Å². The molecule has 9 heavy (non-hydrogen) atoms. The normalized spacial score (nSPS) is 9.56. The molecule has 0 aliphatic carbocycles. The summed E-state index contributed by atoms with van der Waals surface area (Å²) in [7, 11) is 0. The molecule has 0 atom stereocenters. The second kappa shape index (κ2) is 6.75. The minimum atomic E-state index is 0.122. The van der Waals surface area contributed by atoms with E-state index in [0.29, 0.717) is 6.42 Å². The van der Waals surface area contributed by atoms with Crippen LogP contribution in [0.1, 0.15) is 25.7 Å². The zero-order valence-electron chi connectivity index (χ0n) is 5.20. The Morgan fingerprint density at radius 1 is 1.22 bits per heavy atom. The molecule has 54 valence electrons. The van der Waals surface area contributed by atoms with Gasteiger partial charge in [0.15, 0.2) is 4.69 Å². The van der Waals surface area contributed by atoms with Gasteiger partial charge in [-0.05, 0) is 28.8 Å². The summed E-state index contributed by atoms with van der Waals surface area (Å²) in [5.41, 5.74) is 0. The Kier molecular flexibility index (Phi) is 7.22. The zero-order chi connectivity index (χ0) is 7.11. The lowest BCUT2D eigenvalue weighted by Gasteiger charge is -1.92. The first-order chi connectivity index (χ1) is 4.27. The van der Waals surface area contributed by atoms with Gasteiger partial charge in [-0.3, -0.25) is 4.79 Å². The first kappa shape index (κ1) is 9.63. The Balaban J connectivity index is 2.83. The van der Waals surface area contributed by atoms with Crippen molar-refractivity contribution in [3.05, 3.63) is 0 Å². The monoisotopic (exact) mass is 256 g/mol. The van der Waals surface area contributed by atoms with Crippen molar-refractivity contribution in [1.82, 2.24) is 0 Å². The quantitative estimate of drug-likeness (QED) is 0.421. The molecule has 0 heterocycles. The van der Waals surface area contributed by atoms with Crippen LogP contribution in [0.15, 0.2) is 0 Å². The number of carbonyl (C=O) groups is 1. The van der Waals surface area contributed by atoms with E-state index in [-0.39, 0.29) is 4.69 Å². The molecule has 0 aromatic rings. The van der Waals surface area contributed by atoms with Gasteiger partial charge < -0.3 is 0 Å². The summed E-state index contributed by atoms with van der Waals surface area (Å²) in [5, 5.41) is 1.05. The maximum Gasteiger partial charge on any atom is 0.197 e. The van der Waals surface area contributed by atoms with E-state index >= 15 is 0 Å². The zero-order valence-corrected chi connectivity index (χ0v) is 8.37. The van der Waals surface area contributed by atoms with Gasteiger partial charge in [0.05, 0.1) is 0 Å². The van der Waals surface area contributed by atoms with Crippen LogP contribution < -0.4 is 0 Å². The van der Waals surface area contributed by atoms with Crippen molar-refractivity contribution in [2.75, 3.05) is 5.33 Å². The van der Waals surface area contributed by atoms with Crippen molar-refractivity contribution in [2.24, 2.45) is 0 Å². The summed E-state index contributed by atoms with van der Waals surface area (Å²) in [5.74, 6) is 0. The van der Waals surface area contributed by atoms with Gasteiger partial charge in [0, 0.05) is 11.8 Å². The van der Waals surface area contributed by atoms with Gasteiger partial charge in [-0.15, -0.1) is 0 Å². The third-order valence-corrected chi connectivity index (χ3v) is 1.96. The van der Waals surface area contributed by atoms with Crippen molar-refractivity contribution >= 4 is 36.6 Å². The van der Waals surface area contributed by atoms with Crippen molar-refractivity contribution in [3.63, 3.8) is 0 Å². The van der Waals surface area contributed by atoms with E-state index < -0.39 is 0 Å². The molecule has 0 radical (unpaired) electrons. The van der Waals surface area contributed by atoms with Gasteiger partial charge in [0.25, 0.3) is 0 Å². The average molecular weight is 258 g/mol. The molecule has 0 saturated heterocycles. The third kappa shape index (κ3) is 8.63. The summed E-state index contributed by atoms with van der Waals surface area (Å²) in [4.78, 5) is 10.3. The highest BCUT2D eigenvalue weighted by molar-refractivity contribution is 9.18. The van der Waals surface area contributed by atoms with Gasteiger partial charge in [-0.1, -0.05) is 22.4 Å². The van der Waals surface area contributed by atoms with Crippen LogP contribution >= 0.6 is 31.9 Å². The molecule has 0 aromatic carbocycles. The number of alkyl halides is 1. The van der Waals surface area contributed by atoms with E-state index in [0.717, 1.165) is 18.2 Å². The lowest BCUT2D eigenvalue weighted by atomic mass is 10.2. The first-order valence-corrected chi connectivity index (χ1v) is 4.93. The van der Waals surface area contributed by atoms with Gasteiger partial charge >= 0.3 is 0 Å². The fourth-order valence-corrected chi connectivity index (χ4v) is 1.21. The predicted octanol–water partition coefficient (Wildman–Crippen LogP) is 2.86. The highest BCUT2D eigenvalue weighted by Crippen LogP contribution is 2.04. The lowest BCUT2D eigenvalue weighted by molar-refractivity contribution is -0.110. The number of halogens is 2. The number of hydrogen-bond acceptors (Lipinski definition) is 1.